The predicted molar refractivity (Wildman–Crippen MR) is 64.7 cm³/mol. The zero-order valence-corrected chi connectivity index (χ0v) is 10.8. The highest BCUT2D eigenvalue weighted by Crippen LogP contribution is 2.34. The second-order valence-electron chi connectivity index (χ2n) is 5.35. The Morgan fingerprint density at radius 3 is 2.71 bits per heavy atom. The van der Waals surface area contributed by atoms with Gasteiger partial charge in [-0.2, -0.15) is 0 Å². The Balaban J connectivity index is 2.01. The van der Waals surface area contributed by atoms with Crippen LogP contribution >= 0.6 is 0 Å². The molecule has 17 heavy (non-hydrogen) atoms. The van der Waals surface area contributed by atoms with E-state index in [4.69, 9.17) is 9.47 Å². The fraction of sp³-hybridized carbons (Fsp3) is 0.923. The summed E-state index contributed by atoms with van der Waals surface area (Å²) in [7, 11) is 3.19. The van der Waals surface area contributed by atoms with E-state index in [1.54, 1.807) is 7.11 Å². The van der Waals surface area contributed by atoms with Crippen LogP contribution in [0.1, 0.15) is 38.5 Å². The molecule has 2 rings (SSSR count). The van der Waals surface area contributed by atoms with Crippen molar-refractivity contribution in [3.05, 3.63) is 0 Å². The third kappa shape index (κ3) is 2.99. The van der Waals surface area contributed by atoms with Gasteiger partial charge in [-0.3, -0.25) is 4.79 Å². The molecule has 1 N–H and O–H groups in total. The van der Waals surface area contributed by atoms with Crippen LogP contribution < -0.4 is 5.32 Å². The van der Waals surface area contributed by atoms with Crippen molar-refractivity contribution in [3.8, 4) is 0 Å². The van der Waals surface area contributed by atoms with Gasteiger partial charge in [0.05, 0.1) is 13.2 Å². The highest BCUT2D eigenvalue weighted by molar-refractivity contribution is 5.81. The standard InChI is InChI=1S/C13H23NO3/c1-16-11-4-3-7-13(8-11,12(15)17-2)14-9-10-5-6-10/h10-11,14H,3-9H2,1-2H3. The summed E-state index contributed by atoms with van der Waals surface area (Å²) in [6.07, 6.45) is 6.42. The zero-order valence-electron chi connectivity index (χ0n) is 10.8. The highest BCUT2D eigenvalue weighted by Gasteiger charge is 2.44. The predicted octanol–water partition coefficient (Wildman–Crippen LogP) is 1.49. The number of hydrogen-bond acceptors (Lipinski definition) is 4. The maximum Gasteiger partial charge on any atom is 0.326 e. The van der Waals surface area contributed by atoms with Gasteiger partial charge < -0.3 is 14.8 Å². The summed E-state index contributed by atoms with van der Waals surface area (Å²) in [5.41, 5.74) is -0.504. The maximum absolute atomic E-state index is 12.0. The number of methoxy groups -OCH3 is 2. The van der Waals surface area contributed by atoms with Gasteiger partial charge in [-0.15, -0.1) is 0 Å². The molecule has 2 atom stereocenters. The van der Waals surface area contributed by atoms with Gasteiger partial charge in [-0.25, -0.2) is 0 Å². The van der Waals surface area contributed by atoms with Crippen molar-refractivity contribution in [2.24, 2.45) is 5.92 Å². The Morgan fingerprint density at radius 1 is 1.35 bits per heavy atom. The van der Waals surface area contributed by atoms with Crippen LogP contribution in [0.15, 0.2) is 0 Å². The van der Waals surface area contributed by atoms with E-state index >= 15 is 0 Å². The summed E-state index contributed by atoms with van der Waals surface area (Å²) in [4.78, 5) is 12.0. The Hall–Kier alpha value is -0.610. The number of carbonyl (C=O) groups excluding carboxylic acids is 1. The summed E-state index contributed by atoms with van der Waals surface area (Å²) >= 11 is 0. The van der Waals surface area contributed by atoms with E-state index in [9.17, 15) is 4.79 Å². The second-order valence-corrected chi connectivity index (χ2v) is 5.35. The van der Waals surface area contributed by atoms with Gasteiger partial charge in [0.2, 0.25) is 0 Å². The monoisotopic (exact) mass is 241 g/mol. The van der Waals surface area contributed by atoms with Gasteiger partial charge in [0, 0.05) is 13.5 Å². The molecular weight excluding hydrogens is 218 g/mol. The first-order valence-corrected chi connectivity index (χ1v) is 6.56. The summed E-state index contributed by atoms with van der Waals surface area (Å²) in [5.74, 6) is 0.638. The minimum atomic E-state index is -0.504. The third-order valence-corrected chi connectivity index (χ3v) is 4.04. The lowest BCUT2D eigenvalue weighted by molar-refractivity contribution is -0.152. The van der Waals surface area contributed by atoms with Gasteiger partial charge in [0.1, 0.15) is 5.54 Å². The molecule has 0 radical (unpaired) electrons. The fourth-order valence-electron chi connectivity index (χ4n) is 2.70. The smallest absolute Gasteiger partial charge is 0.326 e. The first kappa shape index (κ1) is 12.8. The van der Waals surface area contributed by atoms with Gasteiger partial charge >= 0.3 is 5.97 Å². The van der Waals surface area contributed by atoms with E-state index in [1.165, 1.54) is 20.0 Å². The number of hydrogen-bond donors (Lipinski definition) is 1. The topological polar surface area (TPSA) is 47.6 Å². The van der Waals surface area contributed by atoms with Crippen molar-refractivity contribution in [1.29, 1.82) is 0 Å². The molecule has 0 bridgehead atoms. The minimum absolute atomic E-state index is 0.125. The van der Waals surface area contributed by atoms with Crippen LogP contribution in [0.3, 0.4) is 0 Å². The molecule has 0 aromatic heterocycles. The molecule has 98 valence electrons. The third-order valence-electron chi connectivity index (χ3n) is 4.04. The van der Waals surface area contributed by atoms with Gasteiger partial charge in [-0.1, -0.05) is 0 Å². The summed E-state index contributed by atoms with van der Waals surface area (Å²) < 4.78 is 10.4. The summed E-state index contributed by atoms with van der Waals surface area (Å²) in [6.45, 7) is 0.936. The number of rotatable bonds is 5. The minimum Gasteiger partial charge on any atom is -0.468 e. The lowest BCUT2D eigenvalue weighted by Gasteiger charge is -2.38. The number of ether oxygens (including phenoxy) is 2. The molecule has 2 fully saturated rings. The van der Waals surface area contributed by atoms with Crippen LogP contribution in [0.4, 0.5) is 0 Å². The molecule has 0 aromatic rings. The van der Waals surface area contributed by atoms with Gasteiger partial charge in [-0.05, 0) is 44.6 Å². The van der Waals surface area contributed by atoms with Gasteiger partial charge in [0.15, 0.2) is 0 Å². The van der Waals surface area contributed by atoms with Crippen molar-refractivity contribution in [2.75, 3.05) is 20.8 Å². The number of carbonyl (C=O) groups is 1. The summed E-state index contributed by atoms with van der Waals surface area (Å²) in [5, 5.41) is 3.46. The first-order valence-electron chi connectivity index (χ1n) is 6.56. The molecule has 0 aromatic carbocycles. The molecular formula is C13H23NO3. The average Bonchev–Trinajstić information content (AvgIpc) is 3.19. The Morgan fingerprint density at radius 2 is 2.12 bits per heavy atom. The molecule has 0 saturated heterocycles. The molecule has 0 spiro atoms. The lowest BCUT2D eigenvalue weighted by atomic mass is 9.80. The van der Waals surface area contributed by atoms with Crippen LogP contribution in [0.5, 0.6) is 0 Å². The average molecular weight is 241 g/mol. The van der Waals surface area contributed by atoms with E-state index in [-0.39, 0.29) is 12.1 Å². The lowest BCUT2D eigenvalue weighted by Crippen LogP contribution is -2.57. The molecule has 0 heterocycles. The molecule has 4 nitrogen and oxygen atoms in total. The van der Waals surface area contributed by atoms with Crippen LogP contribution in [0.2, 0.25) is 0 Å². The van der Waals surface area contributed by atoms with Crippen LogP contribution in [-0.4, -0.2) is 38.4 Å². The fourth-order valence-corrected chi connectivity index (χ4v) is 2.70. The van der Waals surface area contributed by atoms with Crippen LogP contribution in [-0.2, 0) is 14.3 Å². The SMILES string of the molecule is COC(=O)C1(NCC2CC2)CCCC(OC)C1. The van der Waals surface area contributed by atoms with Crippen molar-refractivity contribution < 1.29 is 14.3 Å². The zero-order chi connectivity index (χ0) is 12.3. The van der Waals surface area contributed by atoms with Gasteiger partial charge in [0.25, 0.3) is 0 Å². The van der Waals surface area contributed by atoms with Crippen molar-refractivity contribution >= 4 is 5.97 Å². The Labute approximate surface area is 103 Å². The number of esters is 1. The molecule has 2 aliphatic rings. The van der Waals surface area contributed by atoms with E-state index in [0.29, 0.717) is 0 Å². The normalized spacial score (nSPS) is 33.4. The van der Waals surface area contributed by atoms with Crippen LogP contribution in [0.25, 0.3) is 0 Å². The molecule has 2 unspecified atom stereocenters. The van der Waals surface area contributed by atoms with Crippen molar-refractivity contribution in [2.45, 2.75) is 50.2 Å². The van der Waals surface area contributed by atoms with E-state index in [0.717, 1.165) is 38.1 Å². The van der Waals surface area contributed by atoms with E-state index in [2.05, 4.69) is 5.32 Å². The molecule has 2 saturated carbocycles. The first-order chi connectivity index (χ1) is 8.20. The highest BCUT2D eigenvalue weighted by atomic mass is 16.5. The molecule has 2 aliphatic carbocycles. The van der Waals surface area contributed by atoms with Crippen LogP contribution in [0, 0.1) is 5.92 Å². The Kier molecular flexibility index (Phi) is 4.05. The largest absolute Gasteiger partial charge is 0.468 e. The quantitative estimate of drug-likeness (QED) is 0.741. The molecule has 0 amide bonds. The number of nitrogens with one attached hydrogen (secondary N) is 1. The van der Waals surface area contributed by atoms with Crippen molar-refractivity contribution in [3.63, 3.8) is 0 Å². The van der Waals surface area contributed by atoms with E-state index < -0.39 is 5.54 Å². The Bertz CT molecular complexity index is 278. The molecule has 4 heteroatoms. The van der Waals surface area contributed by atoms with E-state index in [1.807, 2.05) is 0 Å². The van der Waals surface area contributed by atoms with Crippen molar-refractivity contribution in [1.82, 2.24) is 5.32 Å². The summed E-state index contributed by atoms with van der Waals surface area (Å²) in [6, 6.07) is 0. The second kappa shape index (κ2) is 5.36. The molecule has 0 aliphatic heterocycles. The maximum atomic E-state index is 12.0.